The molecule has 2 aromatic carbocycles. The van der Waals surface area contributed by atoms with Gasteiger partial charge in [0.1, 0.15) is 0 Å². The van der Waals surface area contributed by atoms with Gasteiger partial charge in [-0.05, 0) is 55.7 Å². The van der Waals surface area contributed by atoms with Crippen molar-refractivity contribution in [1.82, 2.24) is 4.98 Å². The van der Waals surface area contributed by atoms with Crippen molar-refractivity contribution < 1.29 is 0 Å². The molecule has 3 rings (SSSR count). The number of rotatable bonds is 4. The van der Waals surface area contributed by atoms with E-state index in [0.717, 1.165) is 15.9 Å². The molecule has 1 heterocycles. The lowest BCUT2D eigenvalue weighted by Gasteiger charge is -2.12. The van der Waals surface area contributed by atoms with Gasteiger partial charge in [0.05, 0.1) is 5.69 Å². The van der Waals surface area contributed by atoms with Gasteiger partial charge in [-0.2, -0.15) is 0 Å². The van der Waals surface area contributed by atoms with Crippen LogP contribution in [0.2, 0.25) is 0 Å². The second kappa shape index (κ2) is 7.28. The molecule has 0 spiro atoms. The van der Waals surface area contributed by atoms with Crippen LogP contribution in [0.25, 0.3) is 34.5 Å². The normalized spacial score (nSPS) is 11.2. The second-order valence-corrected chi connectivity index (χ2v) is 7.10. The highest BCUT2D eigenvalue weighted by molar-refractivity contribution is 9.10. The highest BCUT2D eigenvalue weighted by atomic mass is 79.9. The molecule has 1 N–H and O–H groups in total. The molecule has 0 unspecified atom stereocenters. The maximum atomic E-state index is 4.00. The maximum absolute atomic E-state index is 4.00. The summed E-state index contributed by atoms with van der Waals surface area (Å²) in [6, 6.07) is 14.9. The minimum absolute atomic E-state index is 1.05. The Morgan fingerprint density at radius 3 is 2.40 bits per heavy atom. The molecule has 0 aliphatic heterocycles. The topological polar surface area (TPSA) is 15.8 Å². The summed E-state index contributed by atoms with van der Waals surface area (Å²) < 4.78 is 1.08. The first-order valence-electron chi connectivity index (χ1n) is 8.40. The van der Waals surface area contributed by atoms with Crippen molar-refractivity contribution in [2.75, 3.05) is 0 Å². The van der Waals surface area contributed by atoms with Crippen LogP contribution in [-0.2, 0) is 0 Å². The Hall–Kier alpha value is -2.32. The number of halogens is 1. The van der Waals surface area contributed by atoms with E-state index in [1.54, 1.807) is 0 Å². The molecule has 0 fully saturated rings. The lowest BCUT2D eigenvalue weighted by molar-refractivity contribution is 1.34. The molecular formula is C23H22BrN. The molecule has 1 nitrogen and oxygen atoms in total. The third-order valence-corrected chi connectivity index (χ3v) is 4.98. The Kier molecular flexibility index (Phi) is 5.10. The van der Waals surface area contributed by atoms with Crippen LogP contribution in [0.5, 0.6) is 0 Å². The van der Waals surface area contributed by atoms with Crippen LogP contribution in [0.1, 0.15) is 29.3 Å². The van der Waals surface area contributed by atoms with Crippen LogP contribution in [0, 0.1) is 13.8 Å². The van der Waals surface area contributed by atoms with E-state index in [1.807, 2.05) is 13.0 Å². The summed E-state index contributed by atoms with van der Waals surface area (Å²) in [6.45, 7) is 10.4. The van der Waals surface area contributed by atoms with Gasteiger partial charge in [-0.25, -0.2) is 0 Å². The number of hydrogen-bond acceptors (Lipinski definition) is 0. The molecule has 0 aliphatic carbocycles. The highest BCUT2D eigenvalue weighted by Gasteiger charge is 2.19. The Morgan fingerprint density at radius 1 is 1.00 bits per heavy atom. The van der Waals surface area contributed by atoms with E-state index in [1.165, 1.54) is 33.4 Å². The van der Waals surface area contributed by atoms with E-state index in [2.05, 4.69) is 96.0 Å². The number of benzene rings is 2. The lowest BCUT2D eigenvalue weighted by Crippen LogP contribution is -1.89. The minimum Gasteiger partial charge on any atom is -0.354 e. The van der Waals surface area contributed by atoms with Gasteiger partial charge in [0.2, 0.25) is 0 Å². The lowest BCUT2D eigenvalue weighted by atomic mass is 9.92. The smallest absolute Gasteiger partial charge is 0.0547 e. The van der Waals surface area contributed by atoms with E-state index < -0.39 is 0 Å². The largest absolute Gasteiger partial charge is 0.354 e. The number of allylic oxidation sites excluding steroid dienone is 1. The maximum Gasteiger partial charge on any atom is 0.0547 e. The molecule has 0 saturated carbocycles. The van der Waals surface area contributed by atoms with E-state index in [9.17, 15) is 0 Å². The fourth-order valence-electron chi connectivity index (χ4n) is 3.23. The number of aromatic nitrogens is 1. The van der Waals surface area contributed by atoms with Crippen molar-refractivity contribution in [1.29, 1.82) is 0 Å². The van der Waals surface area contributed by atoms with Crippen LogP contribution in [0.15, 0.2) is 59.6 Å². The van der Waals surface area contributed by atoms with Crippen molar-refractivity contribution in [2.45, 2.75) is 20.8 Å². The van der Waals surface area contributed by atoms with Gasteiger partial charge < -0.3 is 4.98 Å². The van der Waals surface area contributed by atoms with Gasteiger partial charge in [0.25, 0.3) is 0 Å². The van der Waals surface area contributed by atoms with Crippen LogP contribution >= 0.6 is 15.9 Å². The van der Waals surface area contributed by atoms with Gasteiger partial charge in [-0.1, -0.05) is 65.0 Å². The summed E-state index contributed by atoms with van der Waals surface area (Å²) in [7, 11) is 0. The molecule has 1 aromatic heterocycles. The van der Waals surface area contributed by atoms with E-state index in [-0.39, 0.29) is 0 Å². The highest BCUT2D eigenvalue weighted by Crippen LogP contribution is 2.41. The predicted molar refractivity (Wildman–Crippen MR) is 114 cm³/mol. The third-order valence-electron chi connectivity index (χ3n) is 4.49. The van der Waals surface area contributed by atoms with Gasteiger partial charge in [0, 0.05) is 26.9 Å². The van der Waals surface area contributed by atoms with Crippen LogP contribution in [0.4, 0.5) is 0 Å². The van der Waals surface area contributed by atoms with Crippen molar-refractivity contribution in [3.63, 3.8) is 0 Å². The van der Waals surface area contributed by atoms with E-state index >= 15 is 0 Å². The summed E-state index contributed by atoms with van der Waals surface area (Å²) in [5.74, 6) is 0. The molecule has 2 heteroatoms. The molecule has 0 bridgehead atoms. The first-order chi connectivity index (χ1) is 12.1. The molecule has 0 amide bonds. The summed E-state index contributed by atoms with van der Waals surface area (Å²) in [5, 5.41) is 0. The Morgan fingerprint density at radius 2 is 1.72 bits per heavy atom. The summed E-state index contributed by atoms with van der Waals surface area (Å²) in [4.78, 5) is 3.60. The van der Waals surface area contributed by atoms with Crippen molar-refractivity contribution in [2.24, 2.45) is 0 Å². The Labute approximate surface area is 158 Å². The molecule has 0 atom stereocenters. The molecular weight excluding hydrogens is 370 g/mol. The monoisotopic (exact) mass is 391 g/mol. The average Bonchev–Trinajstić information content (AvgIpc) is 2.96. The van der Waals surface area contributed by atoms with Crippen LogP contribution < -0.4 is 0 Å². The molecule has 0 radical (unpaired) electrons. The Balaban J connectivity index is 2.42. The standard InChI is InChI=1S/C23H22BrN/c1-5-9-19-21(6-2)25-23(20-14-17(24)13-12-16(20)4)22(19)18-11-8-7-10-15(18)3/h5-14,25H,2H2,1,3-4H3/b9-5-. The number of H-pyrrole nitrogens is 1. The third kappa shape index (κ3) is 3.27. The second-order valence-electron chi connectivity index (χ2n) is 6.18. The first kappa shape index (κ1) is 17.5. The molecule has 3 aromatic rings. The number of nitrogens with one attached hydrogen (secondary N) is 1. The van der Waals surface area contributed by atoms with Crippen LogP contribution in [-0.4, -0.2) is 4.98 Å². The zero-order valence-corrected chi connectivity index (χ0v) is 16.4. The molecule has 126 valence electrons. The zero-order valence-electron chi connectivity index (χ0n) is 14.9. The average molecular weight is 392 g/mol. The minimum atomic E-state index is 1.05. The number of aryl methyl sites for hydroxylation is 2. The fourth-order valence-corrected chi connectivity index (χ4v) is 3.59. The SMILES string of the molecule is C=Cc1[nH]c(-c2cc(Br)ccc2C)c(-c2ccccc2C)c1/C=C\C. The quantitative estimate of drug-likeness (QED) is 0.476. The van der Waals surface area contributed by atoms with Gasteiger partial charge >= 0.3 is 0 Å². The summed E-state index contributed by atoms with van der Waals surface area (Å²) >= 11 is 3.61. The molecule has 0 saturated heterocycles. The molecule has 0 aliphatic rings. The fraction of sp³-hybridized carbons (Fsp3) is 0.130. The predicted octanol–water partition coefficient (Wildman–Crippen LogP) is 7.40. The van der Waals surface area contributed by atoms with Gasteiger partial charge in [0.15, 0.2) is 0 Å². The zero-order chi connectivity index (χ0) is 18.0. The molecule has 25 heavy (non-hydrogen) atoms. The summed E-state index contributed by atoms with van der Waals surface area (Å²) in [5.41, 5.74) is 9.54. The Bertz CT molecular complexity index is 960. The van der Waals surface area contributed by atoms with Gasteiger partial charge in [-0.3, -0.25) is 0 Å². The van der Waals surface area contributed by atoms with E-state index in [0.29, 0.717) is 0 Å². The summed E-state index contributed by atoms with van der Waals surface area (Å²) in [6.07, 6.45) is 6.13. The van der Waals surface area contributed by atoms with Crippen molar-refractivity contribution >= 4 is 28.1 Å². The van der Waals surface area contributed by atoms with E-state index in [4.69, 9.17) is 0 Å². The van der Waals surface area contributed by atoms with Crippen molar-refractivity contribution in [3.8, 4) is 22.4 Å². The number of hydrogen-bond donors (Lipinski definition) is 1. The van der Waals surface area contributed by atoms with Crippen LogP contribution in [0.3, 0.4) is 0 Å². The van der Waals surface area contributed by atoms with Crippen molar-refractivity contribution in [3.05, 3.63) is 82.0 Å². The number of aromatic amines is 1. The first-order valence-corrected chi connectivity index (χ1v) is 9.19. The van der Waals surface area contributed by atoms with Gasteiger partial charge in [-0.15, -0.1) is 0 Å².